The normalized spacial score (nSPS) is 11.4. The van der Waals surface area contributed by atoms with Crippen molar-refractivity contribution in [1.29, 1.82) is 0 Å². The Bertz CT molecular complexity index is 290. The van der Waals surface area contributed by atoms with Crippen molar-refractivity contribution in [2.24, 2.45) is 10.5 Å². The number of hydrogen-bond donors (Lipinski definition) is 2. The van der Waals surface area contributed by atoms with Gasteiger partial charge in [-0.2, -0.15) is 0 Å². The van der Waals surface area contributed by atoms with Crippen molar-refractivity contribution in [2.45, 2.75) is 6.92 Å². The lowest BCUT2D eigenvalue weighted by Gasteiger charge is -2.28. The number of rotatable bonds is 16. The van der Waals surface area contributed by atoms with Crippen LogP contribution >= 0.6 is 0 Å². The molecule has 0 aliphatic rings. The molecule has 0 radical (unpaired) electrons. The Kier molecular flexibility index (Phi) is 14.4. The molecule has 22 heavy (non-hydrogen) atoms. The molecule has 0 spiro atoms. The molecule has 0 aliphatic heterocycles. The van der Waals surface area contributed by atoms with Crippen LogP contribution in [0.3, 0.4) is 0 Å². The number of ether oxygens (including phenoxy) is 4. The van der Waals surface area contributed by atoms with E-state index in [1.165, 1.54) is 0 Å². The molecule has 0 atom stereocenters. The first-order chi connectivity index (χ1) is 10.7. The highest BCUT2D eigenvalue weighted by atomic mass is 16.5. The summed E-state index contributed by atoms with van der Waals surface area (Å²) in [6.45, 7) is 5.07. The van der Waals surface area contributed by atoms with Crippen LogP contribution in [0, 0.1) is 5.41 Å². The van der Waals surface area contributed by atoms with E-state index in [0.717, 1.165) is 0 Å². The van der Waals surface area contributed by atoms with Gasteiger partial charge in [0.05, 0.1) is 66.1 Å². The zero-order chi connectivity index (χ0) is 16.5. The summed E-state index contributed by atoms with van der Waals surface area (Å²) in [5.41, 5.74) is 7.73. The summed E-state index contributed by atoms with van der Waals surface area (Å²) in [4.78, 5) is 2.62. The van der Waals surface area contributed by atoms with E-state index < -0.39 is 0 Å². The molecule has 9 heteroatoms. The van der Waals surface area contributed by atoms with E-state index in [-0.39, 0.29) is 31.8 Å². The smallest absolute Gasteiger partial charge is 0.0700 e. The fraction of sp³-hybridized carbons (Fsp3) is 1.00. The standard InChI is InChI=1S/C13H27N3O6/c1-13(10-20-6-3-17,11-21-7-4-18)12-22-9-8-19-5-2-15-16-14/h17-18H,2-12H2,1H3. The Morgan fingerprint density at radius 2 is 1.36 bits per heavy atom. The van der Waals surface area contributed by atoms with Crippen molar-refractivity contribution in [3.8, 4) is 0 Å². The van der Waals surface area contributed by atoms with Gasteiger partial charge in [0.1, 0.15) is 0 Å². The Hall–Kier alpha value is -0.930. The minimum atomic E-state index is -0.366. The number of aliphatic hydroxyl groups excluding tert-OH is 2. The maximum absolute atomic E-state index is 8.74. The van der Waals surface area contributed by atoms with E-state index in [1.54, 1.807) is 0 Å². The third-order valence-corrected chi connectivity index (χ3v) is 2.59. The van der Waals surface area contributed by atoms with Gasteiger partial charge in [-0.15, -0.1) is 0 Å². The first-order valence-electron chi connectivity index (χ1n) is 7.22. The Morgan fingerprint density at radius 1 is 0.864 bits per heavy atom. The van der Waals surface area contributed by atoms with Gasteiger partial charge in [-0.3, -0.25) is 0 Å². The van der Waals surface area contributed by atoms with E-state index in [9.17, 15) is 0 Å². The Labute approximate surface area is 130 Å². The summed E-state index contributed by atoms with van der Waals surface area (Å²) in [5.74, 6) is 0. The molecule has 2 N–H and O–H groups in total. The molecule has 0 aliphatic carbocycles. The molecule has 9 nitrogen and oxygen atoms in total. The van der Waals surface area contributed by atoms with Crippen LogP contribution in [0.4, 0.5) is 0 Å². The van der Waals surface area contributed by atoms with Gasteiger partial charge in [-0.05, 0) is 5.53 Å². The van der Waals surface area contributed by atoms with Crippen LogP contribution in [0.25, 0.3) is 10.4 Å². The number of hydrogen-bond acceptors (Lipinski definition) is 7. The van der Waals surface area contributed by atoms with Crippen molar-refractivity contribution < 1.29 is 29.2 Å². The molecule has 130 valence electrons. The molecule has 0 aromatic heterocycles. The van der Waals surface area contributed by atoms with Crippen LogP contribution in [-0.2, 0) is 18.9 Å². The van der Waals surface area contributed by atoms with Crippen LogP contribution in [0.5, 0.6) is 0 Å². The van der Waals surface area contributed by atoms with Crippen LogP contribution in [-0.4, -0.2) is 82.8 Å². The van der Waals surface area contributed by atoms with Gasteiger partial charge >= 0.3 is 0 Å². The molecule has 0 aromatic rings. The third kappa shape index (κ3) is 12.8. The minimum absolute atomic E-state index is 0.0343. The molecule has 0 fully saturated rings. The van der Waals surface area contributed by atoms with Gasteiger partial charge in [0.15, 0.2) is 0 Å². The average Bonchev–Trinajstić information content (AvgIpc) is 2.51. The van der Waals surface area contributed by atoms with Crippen molar-refractivity contribution in [3.05, 3.63) is 10.4 Å². The highest BCUT2D eigenvalue weighted by Gasteiger charge is 2.25. The largest absolute Gasteiger partial charge is 0.394 e. The lowest BCUT2D eigenvalue weighted by atomic mass is 9.94. The summed E-state index contributed by atoms with van der Waals surface area (Å²) in [5, 5.41) is 20.8. The third-order valence-electron chi connectivity index (χ3n) is 2.59. The fourth-order valence-electron chi connectivity index (χ4n) is 1.58. The maximum Gasteiger partial charge on any atom is 0.0700 e. The monoisotopic (exact) mass is 321 g/mol. The average molecular weight is 321 g/mol. The van der Waals surface area contributed by atoms with E-state index in [2.05, 4.69) is 10.0 Å². The first-order valence-corrected chi connectivity index (χ1v) is 7.22. The van der Waals surface area contributed by atoms with Crippen molar-refractivity contribution >= 4 is 0 Å². The zero-order valence-corrected chi connectivity index (χ0v) is 13.1. The highest BCUT2D eigenvalue weighted by molar-refractivity contribution is 4.73. The Morgan fingerprint density at radius 3 is 1.86 bits per heavy atom. The summed E-state index contributed by atoms with van der Waals surface area (Å²) < 4.78 is 21.5. The van der Waals surface area contributed by atoms with E-state index >= 15 is 0 Å². The SMILES string of the molecule is CC(COCCO)(COCCO)COCCOCCN=[N+]=[N-]. The van der Waals surface area contributed by atoms with Gasteiger partial charge in [0, 0.05) is 16.9 Å². The summed E-state index contributed by atoms with van der Waals surface area (Å²) >= 11 is 0. The van der Waals surface area contributed by atoms with Crippen LogP contribution in [0.1, 0.15) is 6.92 Å². The van der Waals surface area contributed by atoms with Crippen LogP contribution in [0.15, 0.2) is 5.11 Å². The lowest BCUT2D eigenvalue weighted by Crippen LogP contribution is -2.35. The molecule has 0 saturated carbocycles. The second-order valence-corrected chi connectivity index (χ2v) is 4.98. The highest BCUT2D eigenvalue weighted by Crippen LogP contribution is 2.18. The topological polar surface area (TPSA) is 126 Å². The number of nitrogens with zero attached hydrogens (tertiary/aromatic N) is 3. The fourth-order valence-corrected chi connectivity index (χ4v) is 1.58. The molecule has 0 rings (SSSR count). The number of aliphatic hydroxyl groups is 2. The van der Waals surface area contributed by atoms with Crippen LogP contribution in [0.2, 0.25) is 0 Å². The van der Waals surface area contributed by atoms with Crippen molar-refractivity contribution in [1.82, 2.24) is 0 Å². The molecular formula is C13H27N3O6. The molecule has 0 unspecified atom stereocenters. The predicted octanol–water partition coefficient (Wildman–Crippen LogP) is 0.354. The quantitative estimate of drug-likeness (QED) is 0.183. The van der Waals surface area contributed by atoms with E-state index in [4.69, 9.17) is 34.7 Å². The molecular weight excluding hydrogens is 294 g/mol. The summed E-state index contributed by atoms with van der Waals surface area (Å²) in [7, 11) is 0. The van der Waals surface area contributed by atoms with Crippen molar-refractivity contribution in [2.75, 3.05) is 72.6 Å². The predicted molar refractivity (Wildman–Crippen MR) is 79.6 cm³/mol. The molecule has 0 saturated heterocycles. The molecule has 0 heterocycles. The van der Waals surface area contributed by atoms with Crippen molar-refractivity contribution in [3.63, 3.8) is 0 Å². The summed E-state index contributed by atoms with van der Waals surface area (Å²) in [6, 6.07) is 0. The van der Waals surface area contributed by atoms with Gasteiger partial charge in [0.25, 0.3) is 0 Å². The van der Waals surface area contributed by atoms with Crippen LogP contribution < -0.4 is 0 Å². The van der Waals surface area contributed by atoms with E-state index in [0.29, 0.717) is 46.2 Å². The first kappa shape index (κ1) is 21.1. The zero-order valence-electron chi connectivity index (χ0n) is 13.1. The Balaban J connectivity index is 3.87. The van der Waals surface area contributed by atoms with Gasteiger partial charge in [0.2, 0.25) is 0 Å². The minimum Gasteiger partial charge on any atom is -0.394 e. The van der Waals surface area contributed by atoms with E-state index in [1.807, 2.05) is 6.92 Å². The molecule has 0 aromatic carbocycles. The lowest BCUT2D eigenvalue weighted by molar-refractivity contribution is -0.0738. The molecule has 0 bridgehead atoms. The van der Waals surface area contributed by atoms with Gasteiger partial charge in [-0.1, -0.05) is 12.0 Å². The van der Waals surface area contributed by atoms with Gasteiger partial charge < -0.3 is 29.2 Å². The second-order valence-electron chi connectivity index (χ2n) is 4.98. The maximum atomic E-state index is 8.74. The number of azide groups is 1. The summed E-state index contributed by atoms with van der Waals surface area (Å²) in [6.07, 6.45) is 0. The molecule has 0 amide bonds. The second kappa shape index (κ2) is 15.0. The van der Waals surface area contributed by atoms with Gasteiger partial charge in [-0.25, -0.2) is 0 Å².